The van der Waals surface area contributed by atoms with E-state index in [1.54, 1.807) is 0 Å². The number of piperidine rings is 1. The number of nitrogens with zero attached hydrogens (tertiary/aromatic N) is 5. The van der Waals surface area contributed by atoms with Crippen molar-refractivity contribution < 1.29 is 8.78 Å². The van der Waals surface area contributed by atoms with Crippen LogP contribution in [-0.4, -0.2) is 32.7 Å². The van der Waals surface area contributed by atoms with Crippen LogP contribution >= 0.6 is 11.6 Å². The molecule has 1 aromatic carbocycles. The Hall–Kier alpha value is -2.28. The average molecular weight is 364 g/mol. The van der Waals surface area contributed by atoms with Crippen LogP contribution in [0.25, 0.3) is 16.9 Å². The van der Waals surface area contributed by atoms with Crippen molar-refractivity contribution in [3.8, 4) is 11.1 Å². The van der Waals surface area contributed by atoms with Crippen LogP contribution < -0.4 is 4.90 Å². The Morgan fingerprint density at radius 1 is 1.12 bits per heavy atom. The van der Waals surface area contributed by atoms with E-state index >= 15 is 0 Å². The van der Waals surface area contributed by atoms with Crippen LogP contribution in [-0.2, 0) is 0 Å². The molecule has 0 N–H and O–H groups in total. The molecule has 3 heterocycles. The molecule has 130 valence electrons. The zero-order valence-corrected chi connectivity index (χ0v) is 14.3. The first-order valence-electron chi connectivity index (χ1n) is 8.15. The Morgan fingerprint density at radius 2 is 1.80 bits per heavy atom. The maximum Gasteiger partial charge on any atom is 0.255 e. The van der Waals surface area contributed by atoms with E-state index in [4.69, 9.17) is 11.6 Å². The molecule has 0 spiro atoms. The van der Waals surface area contributed by atoms with Gasteiger partial charge in [-0.05, 0) is 30.9 Å². The Labute approximate surface area is 148 Å². The number of anilines is 1. The van der Waals surface area contributed by atoms with Crippen LogP contribution in [0.5, 0.6) is 0 Å². The Morgan fingerprint density at radius 3 is 2.48 bits per heavy atom. The van der Waals surface area contributed by atoms with Crippen molar-refractivity contribution in [2.45, 2.75) is 19.8 Å². The molecule has 1 fully saturated rings. The van der Waals surface area contributed by atoms with Crippen molar-refractivity contribution in [3.05, 3.63) is 41.3 Å². The van der Waals surface area contributed by atoms with Gasteiger partial charge in [-0.3, -0.25) is 0 Å². The smallest absolute Gasteiger partial charge is 0.255 e. The van der Waals surface area contributed by atoms with Crippen LogP contribution in [0.4, 0.5) is 14.6 Å². The molecule has 4 rings (SSSR count). The first kappa shape index (κ1) is 16.2. The standard InChI is InChI=1S/C17H16ClF2N5/c1-10-5-7-24(8-6-10)16-14(13-11(19)3-2-4-12(13)20)15(18)23-17-21-9-22-25(16)17/h2-4,9-10H,5-8H2,1H3. The van der Waals surface area contributed by atoms with Gasteiger partial charge < -0.3 is 4.90 Å². The normalized spacial score (nSPS) is 15.9. The first-order chi connectivity index (χ1) is 12.1. The van der Waals surface area contributed by atoms with E-state index in [0.717, 1.165) is 25.9 Å². The first-order valence-corrected chi connectivity index (χ1v) is 8.52. The molecule has 1 aliphatic heterocycles. The molecule has 25 heavy (non-hydrogen) atoms. The lowest BCUT2D eigenvalue weighted by molar-refractivity contribution is 0.435. The van der Waals surface area contributed by atoms with E-state index in [-0.39, 0.29) is 16.3 Å². The number of hydrogen-bond donors (Lipinski definition) is 0. The predicted octanol–water partition coefficient (Wildman–Crippen LogP) is 3.96. The third-order valence-corrected chi connectivity index (χ3v) is 4.93. The van der Waals surface area contributed by atoms with Crippen LogP contribution in [0.2, 0.25) is 5.15 Å². The average Bonchev–Trinajstić information content (AvgIpc) is 3.03. The van der Waals surface area contributed by atoms with Crippen LogP contribution in [0.1, 0.15) is 19.8 Å². The maximum absolute atomic E-state index is 14.5. The van der Waals surface area contributed by atoms with Gasteiger partial charge in [0.25, 0.3) is 5.78 Å². The summed E-state index contributed by atoms with van der Waals surface area (Å²) in [4.78, 5) is 10.3. The Kier molecular flexibility index (Phi) is 4.03. The highest BCUT2D eigenvalue weighted by Crippen LogP contribution is 2.40. The van der Waals surface area contributed by atoms with Gasteiger partial charge in [-0.25, -0.2) is 8.78 Å². The molecule has 2 aromatic heterocycles. The molecule has 0 saturated carbocycles. The van der Waals surface area contributed by atoms with E-state index in [9.17, 15) is 8.78 Å². The van der Waals surface area contributed by atoms with Crippen LogP contribution in [0.3, 0.4) is 0 Å². The minimum atomic E-state index is -0.685. The number of aromatic nitrogens is 4. The molecule has 0 amide bonds. The largest absolute Gasteiger partial charge is 0.356 e. The monoisotopic (exact) mass is 363 g/mol. The molecule has 0 bridgehead atoms. The van der Waals surface area contributed by atoms with Gasteiger partial charge in [0.05, 0.1) is 11.1 Å². The highest BCUT2D eigenvalue weighted by atomic mass is 35.5. The van der Waals surface area contributed by atoms with Crippen molar-refractivity contribution in [3.63, 3.8) is 0 Å². The predicted molar refractivity (Wildman–Crippen MR) is 91.8 cm³/mol. The zero-order valence-electron chi connectivity index (χ0n) is 13.6. The molecule has 0 atom stereocenters. The number of hydrogen-bond acceptors (Lipinski definition) is 4. The molecular formula is C17H16ClF2N5. The second kappa shape index (κ2) is 6.22. The van der Waals surface area contributed by atoms with Gasteiger partial charge in [0.15, 0.2) is 0 Å². The summed E-state index contributed by atoms with van der Waals surface area (Å²) in [6.45, 7) is 3.69. The summed E-state index contributed by atoms with van der Waals surface area (Å²) in [6.07, 6.45) is 3.32. The molecule has 0 unspecified atom stereocenters. The quantitative estimate of drug-likeness (QED) is 0.646. The fraction of sp³-hybridized carbons (Fsp3) is 0.353. The molecule has 1 saturated heterocycles. The molecular weight excluding hydrogens is 348 g/mol. The highest BCUT2D eigenvalue weighted by molar-refractivity contribution is 6.33. The third-order valence-electron chi connectivity index (χ3n) is 4.65. The van der Waals surface area contributed by atoms with Crippen molar-refractivity contribution >= 4 is 23.2 Å². The van der Waals surface area contributed by atoms with E-state index < -0.39 is 11.6 Å². The van der Waals surface area contributed by atoms with Crippen LogP contribution in [0, 0.1) is 17.6 Å². The number of benzene rings is 1. The molecule has 0 aliphatic carbocycles. The number of fused-ring (bicyclic) bond motifs is 1. The highest BCUT2D eigenvalue weighted by Gasteiger charge is 2.28. The van der Waals surface area contributed by atoms with Gasteiger partial charge in [-0.2, -0.15) is 19.6 Å². The van der Waals surface area contributed by atoms with Gasteiger partial charge in [0.2, 0.25) is 0 Å². The lowest BCUT2D eigenvalue weighted by Crippen LogP contribution is -2.35. The molecule has 0 radical (unpaired) electrons. The molecule has 8 heteroatoms. The van der Waals surface area contributed by atoms with Crippen molar-refractivity contribution in [2.24, 2.45) is 5.92 Å². The van der Waals surface area contributed by atoms with Crippen molar-refractivity contribution in [1.82, 2.24) is 19.6 Å². The van der Waals surface area contributed by atoms with E-state index in [1.165, 1.54) is 29.0 Å². The second-order valence-electron chi connectivity index (χ2n) is 6.34. The maximum atomic E-state index is 14.5. The topological polar surface area (TPSA) is 46.3 Å². The summed E-state index contributed by atoms with van der Waals surface area (Å²) in [5, 5.41) is 4.21. The fourth-order valence-electron chi connectivity index (χ4n) is 3.27. The number of halogens is 3. The SMILES string of the molecule is CC1CCN(c2c(-c3c(F)cccc3F)c(Cl)nc3ncnn23)CC1. The van der Waals surface area contributed by atoms with E-state index in [1.807, 2.05) is 0 Å². The Bertz CT molecular complexity index is 914. The van der Waals surface area contributed by atoms with Gasteiger partial charge >= 0.3 is 0 Å². The minimum Gasteiger partial charge on any atom is -0.356 e. The summed E-state index contributed by atoms with van der Waals surface area (Å²) >= 11 is 6.34. The van der Waals surface area contributed by atoms with Crippen molar-refractivity contribution in [1.29, 1.82) is 0 Å². The van der Waals surface area contributed by atoms with Gasteiger partial charge in [0.1, 0.15) is 28.9 Å². The van der Waals surface area contributed by atoms with Crippen LogP contribution in [0.15, 0.2) is 24.5 Å². The van der Waals surface area contributed by atoms with Gasteiger partial charge in [0, 0.05) is 13.1 Å². The van der Waals surface area contributed by atoms with E-state index in [0.29, 0.717) is 17.5 Å². The van der Waals surface area contributed by atoms with E-state index in [2.05, 4.69) is 26.9 Å². The summed E-state index contributed by atoms with van der Waals surface area (Å²) in [6, 6.07) is 3.75. The second-order valence-corrected chi connectivity index (χ2v) is 6.70. The fourth-order valence-corrected chi connectivity index (χ4v) is 3.52. The summed E-state index contributed by atoms with van der Waals surface area (Å²) in [5.41, 5.74) is 0.0239. The van der Waals surface area contributed by atoms with Gasteiger partial charge in [-0.1, -0.05) is 24.6 Å². The summed E-state index contributed by atoms with van der Waals surface area (Å²) in [7, 11) is 0. The molecule has 5 nitrogen and oxygen atoms in total. The zero-order chi connectivity index (χ0) is 17.6. The minimum absolute atomic E-state index is 0.0121. The molecule has 3 aromatic rings. The molecule has 1 aliphatic rings. The van der Waals surface area contributed by atoms with Crippen molar-refractivity contribution in [2.75, 3.05) is 18.0 Å². The Balaban J connectivity index is 2.00. The summed E-state index contributed by atoms with van der Waals surface area (Å²) in [5.74, 6) is 0.0700. The summed E-state index contributed by atoms with van der Waals surface area (Å²) < 4.78 is 30.4. The number of rotatable bonds is 2. The third kappa shape index (κ3) is 2.72. The lowest BCUT2D eigenvalue weighted by atomic mass is 9.98. The lowest BCUT2D eigenvalue weighted by Gasteiger charge is -2.33. The van der Waals surface area contributed by atoms with Gasteiger partial charge in [-0.15, -0.1) is 0 Å².